The van der Waals surface area contributed by atoms with Crippen molar-refractivity contribution in [1.29, 1.82) is 0 Å². The Labute approximate surface area is 133 Å². The first kappa shape index (κ1) is 15.1. The molecule has 3 aromatic rings. The van der Waals surface area contributed by atoms with Gasteiger partial charge in [0.2, 0.25) is 0 Å². The van der Waals surface area contributed by atoms with Crippen LogP contribution in [-0.2, 0) is 13.1 Å². The smallest absolute Gasteiger partial charge is 0.323 e. The highest BCUT2D eigenvalue weighted by molar-refractivity contribution is 5.88. The van der Waals surface area contributed by atoms with Crippen LogP contribution in [-0.4, -0.2) is 32.7 Å². The second-order valence-electron chi connectivity index (χ2n) is 5.37. The van der Waals surface area contributed by atoms with E-state index < -0.39 is 0 Å². The molecule has 0 aliphatic heterocycles. The molecule has 2 aromatic heterocycles. The Morgan fingerprint density at radius 3 is 2.87 bits per heavy atom. The maximum Gasteiger partial charge on any atom is 0.323 e. The van der Waals surface area contributed by atoms with Crippen LogP contribution in [0.3, 0.4) is 0 Å². The molecule has 120 valence electrons. The lowest BCUT2D eigenvalue weighted by Crippen LogP contribution is -2.32. The van der Waals surface area contributed by atoms with Crippen molar-refractivity contribution < 1.29 is 9.32 Å². The zero-order valence-electron chi connectivity index (χ0n) is 13.4. The van der Waals surface area contributed by atoms with Crippen molar-refractivity contribution in [2.75, 3.05) is 12.4 Å². The van der Waals surface area contributed by atoms with Gasteiger partial charge in [0.1, 0.15) is 11.6 Å². The first-order valence-electron chi connectivity index (χ1n) is 7.48. The minimum absolute atomic E-state index is 0.256. The Kier molecular flexibility index (Phi) is 4.01. The molecule has 1 N–H and O–H groups in total. The fraction of sp³-hybridized carbons (Fsp3) is 0.312. The molecule has 7 heteroatoms. The number of urea groups is 1. The Morgan fingerprint density at radius 2 is 2.17 bits per heavy atom. The van der Waals surface area contributed by atoms with Crippen molar-refractivity contribution in [3.63, 3.8) is 0 Å². The van der Waals surface area contributed by atoms with Crippen LogP contribution in [0.1, 0.15) is 18.5 Å². The molecule has 0 fully saturated rings. The molecule has 23 heavy (non-hydrogen) atoms. The number of carbonyl (C=O) groups is 1. The molecule has 0 saturated heterocycles. The Morgan fingerprint density at radius 1 is 1.39 bits per heavy atom. The van der Waals surface area contributed by atoms with Gasteiger partial charge in [0.15, 0.2) is 5.82 Å². The van der Waals surface area contributed by atoms with Crippen LogP contribution >= 0.6 is 0 Å². The Balaban J connectivity index is 1.76. The van der Waals surface area contributed by atoms with Gasteiger partial charge in [-0.15, -0.1) is 0 Å². The summed E-state index contributed by atoms with van der Waals surface area (Å²) in [6, 6.07) is 9.38. The van der Waals surface area contributed by atoms with Gasteiger partial charge in [-0.05, 0) is 26.0 Å². The third-order valence-corrected chi connectivity index (χ3v) is 3.64. The van der Waals surface area contributed by atoms with Crippen molar-refractivity contribution in [1.82, 2.24) is 19.6 Å². The van der Waals surface area contributed by atoms with Crippen LogP contribution in [0.15, 0.2) is 34.9 Å². The van der Waals surface area contributed by atoms with Gasteiger partial charge in [-0.1, -0.05) is 17.3 Å². The summed E-state index contributed by atoms with van der Waals surface area (Å²) >= 11 is 0. The van der Waals surface area contributed by atoms with E-state index in [1.54, 1.807) is 24.9 Å². The van der Waals surface area contributed by atoms with Gasteiger partial charge in [-0.3, -0.25) is 5.32 Å². The molecular weight excluding hydrogens is 294 g/mol. The first-order chi connectivity index (χ1) is 11.1. The molecule has 0 bridgehead atoms. The van der Waals surface area contributed by atoms with Crippen molar-refractivity contribution in [2.45, 2.75) is 26.9 Å². The Hall–Kier alpha value is -2.83. The summed E-state index contributed by atoms with van der Waals surface area (Å²) in [5, 5.41) is 6.46. The van der Waals surface area contributed by atoms with Gasteiger partial charge in [0.05, 0.1) is 17.6 Å². The highest BCUT2D eigenvalue weighted by atomic mass is 16.5. The number of benzene rings is 1. The summed E-state index contributed by atoms with van der Waals surface area (Å²) in [4.78, 5) is 18.4. The lowest BCUT2D eigenvalue weighted by molar-refractivity contribution is 0.219. The molecule has 0 radical (unpaired) electrons. The lowest BCUT2D eigenvalue weighted by atomic mass is 10.3. The maximum absolute atomic E-state index is 12.2. The van der Waals surface area contributed by atoms with E-state index in [0.29, 0.717) is 18.1 Å². The standard InChI is InChI=1S/C16H19N5O2/c1-4-21-13-8-6-5-7-12(13)17-15(21)10-20(3)16(22)18-14-9-11(2)23-19-14/h5-9H,4,10H2,1-3H3,(H,18,19,22). The fourth-order valence-electron chi connectivity index (χ4n) is 2.51. The zero-order valence-corrected chi connectivity index (χ0v) is 13.4. The first-order valence-corrected chi connectivity index (χ1v) is 7.48. The summed E-state index contributed by atoms with van der Waals surface area (Å²) in [6.07, 6.45) is 0. The number of imidazole rings is 1. The number of amides is 2. The summed E-state index contributed by atoms with van der Waals surface area (Å²) in [7, 11) is 1.72. The van der Waals surface area contributed by atoms with E-state index >= 15 is 0 Å². The number of para-hydroxylation sites is 2. The molecular formula is C16H19N5O2. The molecule has 0 unspecified atom stereocenters. The third-order valence-electron chi connectivity index (χ3n) is 3.64. The monoisotopic (exact) mass is 313 g/mol. The van der Waals surface area contributed by atoms with Crippen molar-refractivity contribution in [2.24, 2.45) is 0 Å². The molecule has 0 aliphatic rings. The van der Waals surface area contributed by atoms with Crippen LogP contribution < -0.4 is 5.32 Å². The zero-order chi connectivity index (χ0) is 16.4. The van der Waals surface area contributed by atoms with Crippen LogP contribution in [0.5, 0.6) is 0 Å². The minimum atomic E-state index is -0.256. The van der Waals surface area contributed by atoms with Crippen molar-refractivity contribution in [3.8, 4) is 0 Å². The van der Waals surface area contributed by atoms with E-state index in [1.165, 1.54) is 0 Å². The average Bonchev–Trinajstić information content (AvgIpc) is 3.09. The number of hydrogen-bond donors (Lipinski definition) is 1. The highest BCUT2D eigenvalue weighted by Crippen LogP contribution is 2.17. The van der Waals surface area contributed by atoms with E-state index in [2.05, 4.69) is 26.9 Å². The number of fused-ring (bicyclic) bond motifs is 1. The molecule has 0 atom stereocenters. The average molecular weight is 313 g/mol. The molecule has 7 nitrogen and oxygen atoms in total. The lowest BCUT2D eigenvalue weighted by Gasteiger charge is -2.17. The van der Waals surface area contributed by atoms with Gasteiger partial charge in [-0.2, -0.15) is 0 Å². The number of anilines is 1. The predicted octanol–water partition coefficient (Wildman–Crippen LogP) is 3.02. The number of hydrogen-bond acceptors (Lipinski definition) is 4. The molecule has 1 aromatic carbocycles. The van der Waals surface area contributed by atoms with E-state index in [4.69, 9.17) is 4.52 Å². The van der Waals surface area contributed by atoms with Gasteiger partial charge in [0, 0.05) is 19.7 Å². The fourth-order valence-corrected chi connectivity index (χ4v) is 2.51. The topological polar surface area (TPSA) is 76.2 Å². The second-order valence-corrected chi connectivity index (χ2v) is 5.37. The van der Waals surface area contributed by atoms with Crippen molar-refractivity contribution in [3.05, 3.63) is 41.9 Å². The quantitative estimate of drug-likeness (QED) is 0.803. The number of carbonyl (C=O) groups excluding carboxylic acids is 1. The highest BCUT2D eigenvalue weighted by Gasteiger charge is 2.16. The van der Waals surface area contributed by atoms with E-state index in [0.717, 1.165) is 23.4 Å². The van der Waals surface area contributed by atoms with Gasteiger partial charge in [-0.25, -0.2) is 9.78 Å². The summed E-state index contributed by atoms with van der Waals surface area (Å²) < 4.78 is 7.05. The van der Waals surface area contributed by atoms with Crippen LogP contribution in [0.2, 0.25) is 0 Å². The number of nitrogens with one attached hydrogen (secondary N) is 1. The largest absolute Gasteiger partial charge is 0.360 e. The summed E-state index contributed by atoms with van der Waals surface area (Å²) in [5.41, 5.74) is 2.01. The molecule has 0 aliphatic carbocycles. The van der Waals surface area contributed by atoms with Gasteiger partial charge >= 0.3 is 6.03 Å². The SMILES string of the molecule is CCn1c(CN(C)C(=O)Nc2cc(C)on2)nc2ccccc21. The molecule has 0 saturated carbocycles. The number of nitrogens with zero attached hydrogens (tertiary/aromatic N) is 4. The summed E-state index contributed by atoms with van der Waals surface area (Å²) in [5.74, 6) is 1.90. The summed E-state index contributed by atoms with van der Waals surface area (Å²) in [6.45, 7) is 5.05. The van der Waals surface area contributed by atoms with Crippen LogP contribution in [0.25, 0.3) is 11.0 Å². The van der Waals surface area contributed by atoms with Gasteiger partial charge < -0.3 is 14.0 Å². The van der Waals surface area contributed by atoms with E-state index in [1.807, 2.05) is 24.3 Å². The van der Waals surface area contributed by atoms with Crippen LogP contribution in [0, 0.1) is 6.92 Å². The normalized spacial score (nSPS) is 10.9. The second kappa shape index (κ2) is 6.12. The van der Waals surface area contributed by atoms with Gasteiger partial charge in [0.25, 0.3) is 0 Å². The molecule has 0 spiro atoms. The maximum atomic E-state index is 12.2. The molecule has 3 rings (SSSR count). The molecule has 2 amide bonds. The Bertz CT molecular complexity index is 836. The van der Waals surface area contributed by atoms with Crippen LogP contribution in [0.4, 0.5) is 10.6 Å². The minimum Gasteiger partial charge on any atom is -0.360 e. The number of aryl methyl sites for hydroxylation is 2. The van der Waals surface area contributed by atoms with E-state index in [-0.39, 0.29) is 6.03 Å². The molecule has 2 heterocycles. The predicted molar refractivity (Wildman–Crippen MR) is 87.1 cm³/mol. The number of rotatable bonds is 4. The third kappa shape index (κ3) is 3.03. The number of aromatic nitrogens is 3. The van der Waals surface area contributed by atoms with Crippen molar-refractivity contribution >= 4 is 22.9 Å². The van der Waals surface area contributed by atoms with E-state index in [9.17, 15) is 4.79 Å².